The Hall–Kier alpha value is -2.20. The smallest absolute Gasteiger partial charge is 0.307 e. The van der Waals surface area contributed by atoms with Crippen LogP contribution in [0, 0.1) is 0 Å². The van der Waals surface area contributed by atoms with Crippen LogP contribution in [0.3, 0.4) is 0 Å². The van der Waals surface area contributed by atoms with Gasteiger partial charge in [-0.05, 0) is 11.6 Å². The zero-order valence-electron chi connectivity index (χ0n) is 9.50. The van der Waals surface area contributed by atoms with Gasteiger partial charge in [0.1, 0.15) is 5.60 Å². The highest BCUT2D eigenvalue weighted by molar-refractivity contribution is 5.80. The SMILES string of the molecule is O=C(O)CC1(O)c2ccccc2-c2ncccc21. The molecule has 4 heteroatoms. The molecule has 4 nitrogen and oxygen atoms in total. The Morgan fingerprint density at radius 2 is 1.89 bits per heavy atom. The number of fused-ring (bicyclic) bond motifs is 3. The number of carboxylic acids is 1. The summed E-state index contributed by atoms with van der Waals surface area (Å²) in [6.07, 6.45) is 1.28. The summed E-state index contributed by atoms with van der Waals surface area (Å²) in [6.45, 7) is 0. The minimum atomic E-state index is -1.48. The third-order valence-corrected chi connectivity index (χ3v) is 3.29. The quantitative estimate of drug-likeness (QED) is 0.840. The van der Waals surface area contributed by atoms with Gasteiger partial charge >= 0.3 is 5.97 Å². The van der Waals surface area contributed by atoms with Crippen LogP contribution in [-0.4, -0.2) is 21.2 Å². The Morgan fingerprint density at radius 1 is 1.17 bits per heavy atom. The van der Waals surface area contributed by atoms with Crippen molar-refractivity contribution in [1.29, 1.82) is 0 Å². The van der Waals surface area contributed by atoms with Crippen molar-refractivity contribution in [3.05, 3.63) is 53.7 Å². The maximum atomic E-state index is 11.0. The first kappa shape index (κ1) is 10.9. The van der Waals surface area contributed by atoms with E-state index in [1.165, 1.54) is 0 Å². The maximum absolute atomic E-state index is 11.0. The van der Waals surface area contributed by atoms with E-state index in [-0.39, 0.29) is 6.42 Å². The molecule has 1 atom stereocenters. The molecule has 1 aliphatic rings. The average molecular weight is 241 g/mol. The molecule has 1 aromatic heterocycles. The van der Waals surface area contributed by atoms with Gasteiger partial charge in [-0.1, -0.05) is 30.3 Å². The summed E-state index contributed by atoms with van der Waals surface area (Å²) >= 11 is 0. The first-order valence-electron chi connectivity index (χ1n) is 5.62. The maximum Gasteiger partial charge on any atom is 0.307 e. The summed E-state index contributed by atoms with van der Waals surface area (Å²) < 4.78 is 0. The number of hydrogen-bond donors (Lipinski definition) is 2. The lowest BCUT2D eigenvalue weighted by Crippen LogP contribution is -2.28. The van der Waals surface area contributed by atoms with Crippen LogP contribution in [0.5, 0.6) is 0 Å². The highest BCUT2D eigenvalue weighted by Gasteiger charge is 2.43. The number of nitrogens with zero attached hydrogens (tertiary/aromatic N) is 1. The molecule has 0 amide bonds. The van der Waals surface area contributed by atoms with Gasteiger partial charge in [-0.2, -0.15) is 0 Å². The van der Waals surface area contributed by atoms with Crippen LogP contribution in [0.15, 0.2) is 42.6 Å². The first-order chi connectivity index (χ1) is 8.63. The molecule has 0 fully saturated rings. The number of carboxylic acid groups (broad SMARTS) is 1. The van der Waals surface area contributed by atoms with E-state index in [2.05, 4.69) is 4.98 Å². The minimum absolute atomic E-state index is 0.358. The molecule has 0 bridgehead atoms. The lowest BCUT2D eigenvalue weighted by atomic mass is 9.89. The molecular weight excluding hydrogens is 230 g/mol. The van der Waals surface area contributed by atoms with Gasteiger partial charge in [0.15, 0.2) is 0 Å². The molecule has 1 unspecified atom stereocenters. The normalized spacial score (nSPS) is 20.3. The van der Waals surface area contributed by atoms with Gasteiger partial charge in [-0.3, -0.25) is 9.78 Å². The lowest BCUT2D eigenvalue weighted by molar-refractivity contribution is -0.141. The summed E-state index contributed by atoms with van der Waals surface area (Å²) in [5.41, 5.74) is 1.16. The largest absolute Gasteiger partial charge is 0.481 e. The highest BCUT2D eigenvalue weighted by atomic mass is 16.4. The van der Waals surface area contributed by atoms with Gasteiger partial charge in [0.25, 0.3) is 0 Å². The Morgan fingerprint density at radius 3 is 2.67 bits per heavy atom. The fraction of sp³-hybridized carbons (Fsp3) is 0.143. The summed E-state index contributed by atoms with van der Waals surface area (Å²) in [6, 6.07) is 10.7. The van der Waals surface area contributed by atoms with E-state index in [9.17, 15) is 9.90 Å². The van der Waals surface area contributed by atoms with Crippen LogP contribution in [0.25, 0.3) is 11.3 Å². The van der Waals surface area contributed by atoms with Crippen molar-refractivity contribution in [2.75, 3.05) is 0 Å². The van der Waals surface area contributed by atoms with Crippen LogP contribution in [-0.2, 0) is 10.4 Å². The Bertz CT molecular complexity index is 591. The van der Waals surface area contributed by atoms with E-state index < -0.39 is 11.6 Å². The van der Waals surface area contributed by atoms with Crippen molar-refractivity contribution in [3.8, 4) is 11.3 Å². The fourth-order valence-corrected chi connectivity index (χ4v) is 2.56. The third kappa shape index (κ3) is 1.36. The summed E-state index contributed by atoms with van der Waals surface area (Å²) in [5.74, 6) is -1.04. The molecule has 3 rings (SSSR count). The van der Waals surface area contributed by atoms with Gasteiger partial charge in [0, 0.05) is 17.3 Å². The zero-order valence-corrected chi connectivity index (χ0v) is 9.50. The molecule has 90 valence electrons. The van der Waals surface area contributed by atoms with Crippen molar-refractivity contribution in [1.82, 2.24) is 4.98 Å². The number of aliphatic hydroxyl groups is 1. The number of aromatic nitrogens is 1. The van der Waals surface area contributed by atoms with Crippen molar-refractivity contribution >= 4 is 5.97 Å². The van der Waals surface area contributed by atoms with Gasteiger partial charge in [-0.25, -0.2) is 0 Å². The van der Waals surface area contributed by atoms with Crippen LogP contribution < -0.4 is 0 Å². The standard InChI is InChI=1S/C14H11NO3/c16-12(17)8-14(18)10-5-2-1-4-9(10)13-11(14)6-3-7-15-13/h1-7,18H,8H2,(H,16,17). The molecule has 0 radical (unpaired) electrons. The Kier molecular flexibility index (Phi) is 2.21. The summed E-state index contributed by atoms with van der Waals surface area (Å²) in [5, 5.41) is 19.8. The Labute approximate surface area is 104 Å². The van der Waals surface area contributed by atoms with E-state index in [1.54, 1.807) is 30.5 Å². The zero-order chi connectivity index (χ0) is 12.8. The molecular formula is C14H11NO3. The number of aliphatic carboxylic acids is 1. The van der Waals surface area contributed by atoms with E-state index in [4.69, 9.17) is 5.11 Å². The third-order valence-electron chi connectivity index (χ3n) is 3.29. The predicted molar refractivity (Wildman–Crippen MR) is 64.9 cm³/mol. The molecule has 0 spiro atoms. The lowest BCUT2D eigenvalue weighted by Gasteiger charge is -2.23. The van der Waals surface area contributed by atoms with Gasteiger partial charge < -0.3 is 10.2 Å². The molecule has 1 aromatic carbocycles. The molecule has 2 aromatic rings. The van der Waals surface area contributed by atoms with Crippen LogP contribution >= 0.6 is 0 Å². The average Bonchev–Trinajstić information content (AvgIpc) is 2.61. The van der Waals surface area contributed by atoms with E-state index in [0.29, 0.717) is 16.8 Å². The van der Waals surface area contributed by atoms with Crippen molar-refractivity contribution in [2.45, 2.75) is 12.0 Å². The Balaban J connectivity index is 2.30. The van der Waals surface area contributed by atoms with E-state index >= 15 is 0 Å². The predicted octanol–water partition coefficient (Wildman–Crippen LogP) is 1.77. The second-order valence-electron chi connectivity index (χ2n) is 4.38. The summed E-state index contributed by atoms with van der Waals surface area (Å²) in [4.78, 5) is 15.3. The van der Waals surface area contributed by atoms with E-state index in [0.717, 1.165) is 5.56 Å². The molecule has 1 aliphatic carbocycles. The first-order valence-corrected chi connectivity index (χ1v) is 5.62. The number of pyridine rings is 1. The minimum Gasteiger partial charge on any atom is -0.481 e. The molecule has 2 N–H and O–H groups in total. The van der Waals surface area contributed by atoms with Gasteiger partial charge in [0.2, 0.25) is 0 Å². The van der Waals surface area contributed by atoms with Gasteiger partial charge in [0.05, 0.1) is 12.1 Å². The van der Waals surface area contributed by atoms with Crippen molar-refractivity contribution in [3.63, 3.8) is 0 Å². The number of carbonyl (C=O) groups is 1. The molecule has 0 saturated carbocycles. The van der Waals surface area contributed by atoms with E-state index in [1.807, 2.05) is 12.1 Å². The van der Waals surface area contributed by atoms with Crippen LogP contribution in [0.4, 0.5) is 0 Å². The topological polar surface area (TPSA) is 70.4 Å². The second kappa shape index (κ2) is 3.65. The summed E-state index contributed by atoms with van der Waals surface area (Å²) in [7, 11) is 0. The fourth-order valence-electron chi connectivity index (χ4n) is 2.56. The molecule has 1 heterocycles. The van der Waals surface area contributed by atoms with Crippen molar-refractivity contribution < 1.29 is 15.0 Å². The second-order valence-corrected chi connectivity index (χ2v) is 4.38. The highest BCUT2D eigenvalue weighted by Crippen LogP contribution is 2.47. The number of benzene rings is 1. The van der Waals surface area contributed by atoms with Crippen LogP contribution in [0.1, 0.15) is 17.5 Å². The number of rotatable bonds is 2. The van der Waals surface area contributed by atoms with Crippen molar-refractivity contribution in [2.24, 2.45) is 0 Å². The molecule has 18 heavy (non-hydrogen) atoms. The number of hydrogen-bond acceptors (Lipinski definition) is 3. The monoisotopic (exact) mass is 241 g/mol. The molecule has 0 saturated heterocycles. The van der Waals surface area contributed by atoms with Gasteiger partial charge in [-0.15, -0.1) is 0 Å². The molecule has 0 aliphatic heterocycles. The van der Waals surface area contributed by atoms with Crippen LogP contribution in [0.2, 0.25) is 0 Å².